The number of nitrogens with zero attached hydrogens (tertiary/aromatic N) is 2. The highest BCUT2D eigenvalue weighted by molar-refractivity contribution is 9.10. The van der Waals surface area contributed by atoms with Gasteiger partial charge in [0.2, 0.25) is 5.91 Å². The fourth-order valence-corrected chi connectivity index (χ4v) is 4.51. The molecule has 24 heavy (non-hydrogen) atoms. The minimum atomic E-state index is -0.402. The van der Waals surface area contributed by atoms with E-state index in [2.05, 4.69) is 15.9 Å². The van der Waals surface area contributed by atoms with E-state index in [1.54, 1.807) is 23.1 Å². The lowest BCUT2D eigenvalue weighted by Gasteiger charge is -2.21. The molecule has 0 spiro atoms. The molecule has 0 radical (unpaired) electrons. The summed E-state index contributed by atoms with van der Waals surface area (Å²) in [4.78, 5) is 40.3. The zero-order valence-electron chi connectivity index (χ0n) is 13.1. The van der Waals surface area contributed by atoms with E-state index in [-0.39, 0.29) is 18.5 Å². The molecule has 1 aliphatic carbocycles. The second-order valence-corrected chi connectivity index (χ2v) is 7.77. The zero-order valence-corrected chi connectivity index (χ0v) is 14.7. The summed E-state index contributed by atoms with van der Waals surface area (Å²) in [5, 5.41) is 0. The van der Waals surface area contributed by atoms with Crippen molar-refractivity contribution in [2.45, 2.75) is 18.9 Å². The molecule has 2 aliphatic heterocycles. The molecule has 1 aromatic rings. The Bertz CT molecular complexity index is 751. The Balaban J connectivity index is 1.48. The number of rotatable bonds is 2. The Morgan fingerprint density at radius 1 is 1.17 bits per heavy atom. The quantitative estimate of drug-likeness (QED) is 0.768. The van der Waals surface area contributed by atoms with Gasteiger partial charge < -0.3 is 10.6 Å². The van der Waals surface area contributed by atoms with Gasteiger partial charge in [-0.3, -0.25) is 19.3 Å². The minimum absolute atomic E-state index is 0.157. The van der Waals surface area contributed by atoms with E-state index in [1.807, 2.05) is 0 Å². The SMILES string of the molecule is NC1CCC2CN(C(=O)CN3C(=O)c4ccc(Br)cc4C3=O)CC12. The van der Waals surface area contributed by atoms with Gasteiger partial charge in [0.05, 0.1) is 11.1 Å². The topological polar surface area (TPSA) is 83.7 Å². The Morgan fingerprint density at radius 3 is 2.67 bits per heavy atom. The van der Waals surface area contributed by atoms with Crippen LogP contribution in [0, 0.1) is 11.8 Å². The first-order valence-corrected chi connectivity index (χ1v) is 8.94. The number of nitrogens with two attached hydrogens (primary N) is 1. The van der Waals surface area contributed by atoms with Gasteiger partial charge in [-0.05, 0) is 42.9 Å². The zero-order chi connectivity index (χ0) is 17.0. The lowest BCUT2D eigenvalue weighted by Crippen LogP contribution is -2.42. The van der Waals surface area contributed by atoms with Crippen molar-refractivity contribution in [2.24, 2.45) is 17.6 Å². The first-order chi connectivity index (χ1) is 11.5. The highest BCUT2D eigenvalue weighted by Crippen LogP contribution is 2.37. The number of benzene rings is 1. The van der Waals surface area contributed by atoms with Gasteiger partial charge in [-0.25, -0.2) is 0 Å². The van der Waals surface area contributed by atoms with E-state index in [9.17, 15) is 14.4 Å². The summed E-state index contributed by atoms with van der Waals surface area (Å²) >= 11 is 3.30. The first-order valence-electron chi connectivity index (χ1n) is 8.15. The molecule has 6 nitrogen and oxygen atoms in total. The van der Waals surface area contributed by atoms with Gasteiger partial charge >= 0.3 is 0 Å². The van der Waals surface area contributed by atoms with Crippen molar-refractivity contribution in [3.63, 3.8) is 0 Å². The Kier molecular flexibility index (Phi) is 3.73. The van der Waals surface area contributed by atoms with E-state index in [4.69, 9.17) is 5.73 Å². The van der Waals surface area contributed by atoms with Crippen LogP contribution in [-0.4, -0.2) is 53.2 Å². The van der Waals surface area contributed by atoms with Crippen LogP contribution in [0.3, 0.4) is 0 Å². The summed E-state index contributed by atoms with van der Waals surface area (Å²) in [6.07, 6.45) is 2.07. The van der Waals surface area contributed by atoms with Gasteiger partial charge in [-0.2, -0.15) is 0 Å². The lowest BCUT2D eigenvalue weighted by molar-refractivity contribution is -0.130. The van der Waals surface area contributed by atoms with Crippen molar-refractivity contribution < 1.29 is 14.4 Å². The van der Waals surface area contributed by atoms with Gasteiger partial charge in [0.1, 0.15) is 6.54 Å². The largest absolute Gasteiger partial charge is 0.341 e. The van der Waals surface area contributed by atoms with Crippen LogP contribution in [0.2, 0.25) is 0 Å². The average molecular weight is 392 g/mol. The molecule has 7 heteroatoms. The van der Waals surface area contributed by atoms with E-state index in [1.165, 1.54) is 0 Å². The van der Waals surface area contributed by atoms with E-state index >= 15 is 0 Å². The number of fused-ring (bicyclic) bond motifs is 2. The van der Waals surface area contributed by atoms with Crippen molar-refractivity contribution in [3.8, 4) is 0 Å². The maximum absolute atomic E-state index is 12.6. The van der Waals surface area contributed by atoms with Crippen LogP contribution in [0.4, 0.5) is 0 Å². The molecule has 0 bridgehead atoms. The number of hydrogen-bond donors (Lipinski definition) is 1. The molecule has 3 unspecified atom stereocenters. The highest BCUT2D eigenvalue weighted by atomic mass is 79.9. The van der Waals surface area contributed by atoms with E-state index in [0.717, 1.165) is 22.2 Å². The maximum Gasteiger partial charge on any atom is 0.262 e. The van der Waals surface area contributed by atoms with Gasteiger partial charge in [0, 0.05) is 23.6 Å². The van der Waals surface area contributed by atoms with Crippen molar-refractivity contribution >= 4 is 33.7 Å². The molecule has 1 saturated heterocycles. The third-order valence-electron chi connectivity index (χ3n) is 5.49. The molecule has 4 rings (SSSR count). The number of likely N-dealkylation sites (tertiary alicyclic amines) is 1. The summed E-state index contributed by atoms with van der Waals surface area (Å²) in [6.45, 7) is 1.13. The number of hydrogen-bond acceptors (Lipinski definition) is 4. The Labute approximate surface area is 148 Å². The van der Waals surface area contributed by atoms with Crippen molar-refractivity contribution in [3.05, 3.63) is 33.8 Å². The molecular formula is C17H18BrN3O3. The molecule has 0 aromatic heterocycles. The van der Waals surface area contributed by atoms with E-state index < -0.39 is 11.8 Å². The fraction of sp³-hybridized carbons (Fsp3) is 0.471. The van der Waals surface area contributed by atoms with Crippen LogP contribution in [0.15, 0.2) is 22.7 Å². The number of imide groups is 1. The molecule has 2 fully saturated rings. The summed E-state index contributed by atoms with van der Waals surface area (Å²) in [5.41, 5.74) is 6.81. The standard InChI is InChI=1S/C17H18BrN3O3/c18-10-2-3-11-12(5-10)17(24)21(16(11)23)8-15(22)20-6-9-1-4-14(19)13(9)7-20/h2-3,5,9,13-14H,1,4,6-8,19H2. The molecular weight excluding hydrogens is 374 g/mol. The minimum Gasteiger partial charge on any atom is -0.341 e. The Hall–Kier alpha value is -1.73. The van der Waals surface area contributed by atoms with Crippen LogP contribution in [0.1, 0.15) is 33.6 Å². The number of amides is 3. The molecule has 2 N–H and O–H groups in total. The third-order valence-corrected chi connectivity index (χ3v) is 5.98. The third kappa shape index (κ3) is 2.38. The predicted molar refractivity (Wildman–Crippen MR) is 90.3 cm³/mol. The predicted octanol–water partition coefficient (Wildman–Crippen LogP) is 1.24. The molecule has 1 aromatic carbocycles. The van der Waals surface area contributed by atoms with Crippen LogP contribution < -0.4 is 5.73 Å². The van der Waals surface area contributed by atoms with Gasteiger partial charge in [0.15, 0.2) is 0 Å². The molecule has 3 amide bonds. The number of carbonyl (C=O) groups is 3. The van der Waals surface area contributed by atoms with Gasteiger partial charge in [0.25, 0.3) is 11.8 Å². The monoisotopic (exact) mass is 391 g/mol. The molecule has 2 heterocycles. The molecule has 126 valence electrons. The Morgan fingerprint density at radius 2 is 1.92 bits per heavy atom. The van der Waals surface area contributed by atoms with Crippen LogP contribution >= 0.6 is 15.9 Å². The molecule has 3 atom stereocenters. The first kappa shape index (κ1) is 15.8. The normalized spacial score (nSPS) is 28.5. The summed E-state index contributed by atoms with van der Waals surface area (Å²) in [6, 6.07) is 5.12. The maximum atomic E-state index is 12.6. The van der Waals surface area contributed by atoms with Crippen molar-refractivity contribution in [1.82, 2.24) is 9.80 Å². The number of halogens is 1. The molecule has 1 saturated carbocycles. The van der Waals surface area contributed by atoms with Crippen LogP contribution in [0.5, 0.6) is 0 Å². The highest BCUT2D eigenvalue weighted by Gasteiger charge is 2.44. The number of carbonyl (C=O) groups excluding carboxylic acids is 3. The second kappa shape index (κ2) is 5.67. The van der Waals surface area contributed by atoms with Gasteiger partial charge in [-0.1, -0.05) is 15.9 Å². The van der Waals surface area contributed by atoms with Crippen LogP contribution in [0.25, 0.3) is 0 Å². The molecule has 3 aliphatic rings. The van der Waals surface area contributed by atoms with Crippen LogP contribution in [-0.2, 0) is 4.79 Å². The van der Waals surface area contributed by atoms with Crippen molar-refractivity contribution in [1.29, 1.82) is 0 Å². The summed E-state index contributed by atoms with van der Waals surface area (Å²) in [5.74, 6) is -0.160. The summed E-state index contributed by atoms with van der Waals surface area (Å²) < 4.78 is 0.733. The second-order valence-electron chi connectivity index (χ2n) is 6.85. The van der Waals surface area contributed by atoms with Crippen molar-refractivity contribution in [2.75, 3.05) is 19.6 Å². The van der Waals surface area contributed by atoms with Gasteiger partial charge in [-0.15, -0.1) is 0 Å². The lowest BCUT2D eigenvalue weighted by atomic mass is 9.98. The fourth-order valence-electron chi connectivity index (χ4n) is 4.15. The van der Waals surface area contributed by atoms with E-state index in [0.29, 0.717) is 36.1 Å². The smallest absolute Gasteiger partial charge is 0.262 e. The average Bonchev–Trinajstić information content (AvgIpc) is 3.19. The summed E-state index contributed by atoms with van der Waals surface area (Å²) in [7, 11) is 0.